The average Bonchev–Trinajstić information content (AvgIpc) is 2.40. The maximum Gasteiger partial charge on any atom is 0.195 e. The van der Waals surface area contributed by atoms with E-state index < -0.39 is 9.84 Å². The molecule has 0 aliphatic heterocycles. The first-order valence-electron chi connectivity index (χ1n) is 5.69. The van der Waals surface area contributed by atoms with Crippen LogP contribution in [0.2, 0.25) is 0 Å². The molecule has 0 aliphatic rings. The van der Waals surface area contributed by atoms with E-state index in [9.17, 15) is 13.2 Å². The zero-order valence-electron chi connectivity index (χ0n) is 10.6. The summed E-state index contributed by atoms with van der Waals surface area (Å²) in [5, 5.41) is 0. The molecule has 2 aromatic carbocycles. The number of rotatable bonds is 3. The van der Waals surface area contributed by atoms with E-state index in [4.69, 9.17) is 5.73 Å². The standard InChI is InChI=1S/C14H12INO3S/c1-20(18,19)11-5-2-9(3-6-11)14(17)12-8-10(15)4-7-13(12)16/h2-8H,16H2,1H3. The molecule has 2 rings (SSSR count). The Hall–Kier alpha value is -1.41. The molecule has 4 nitrogen and oxygen atoms in total. The minimum atomic E-state index is -3.26. The molecule has 0 amide bonds. The molecular weight excluding hydrogens is 389 g/mol. The van der Waals surface area contributed by atoms with Gasteiger partial charge in [0, 0.05) is 26.6 Å². The van der Waals surface area contributed by atoms with Crippen molar-refractivity contribution in [3.05, 3.63) is 57.2 Å². The maximum atomic E-state index is 12.3. The molecule has 104 valence electrons. The van der Waals surface area contributed by atoms with Crippen LogP contribution < -0.4 is 5.73 Å². The molecule has 0 aromatic heterocycles. The number of nitrogens with two attached hydrogens (primary N) is 1. The van der Waals surface area contributed by atoms with Crippen LogP contribution >= 0.6 is 22.6 Å². The van der Waals surface area contributed by atoms with Crippen molar-refractivity contribution >= 4 is 43.9 Å². The minimum absolute atomic E-state index is 0.185. The van der Waals surface area contributed by atoms with Crippen LogP contribution in [0.3, 0.4) is 0 Å². The second-order valence-corrected chi connectivity index (χ2v) is 7.62. The van der Waals surface area contributed by atoms with Crippen molar-refractivity contribution in [3.63, 3.8) is 0 Å². The molecule has 0 fully saturated rings. The second kappa shape index (κ2) is 5.53. The number of nitrogen functional groups attached to an aromatic ring is 1. The summed E-state index contributed by atoms with van der Waals surface area (Å²) in [6.07, 6.45) is 1.13. The number of sulfone groups is 1. The molecule has 0 saturated carbocycles. The smallest absolute Gasteiger partial charge is 0.195 e. The molecule has 0 saturated heterocycles. The summed E-state index contributed by atoms with van der Waals surface area (Å²) in [6.45, 7) is 0. The molecule has 20 heavy (non-hydrogen) atoms. The topological polar surface area (TPSA) is 77.2 Å². The summed E-state index contributed by atoms with van der Waals surface area (Å²) >= 11 is 2.10. The first-order chi connectivity index (χ1) is 9.29. The van der Waals surface area contributed by atoms with Gasteiger partial charge in [-0.1, -0.05) is 0 Å². The first kappa shape index (κ1) is 15.0. The van der Waals surface area contributed by atoms with Gasteiger partial charge in [-0.15, -0.1) is 0 Å². The summed E-state index contributed by atoms with van der Waals surface area (Å²) in [7, 11) is -3.26. The van der Waals surface area contributed by atoms with Gasteiger partial charge in [-0.3, -0.25) is 4.79 Å². The van der Waals surface area contributed by atoms with Gasteiger partial charge in [-0.2, -0.15) is 0 Å². The number of ketones is 1. The lowest BCUT2D eigenvalue weighted by molar-refractivity contribution is 0.103. The van der Waals surface area contributed by atoms with Crippen LogP contribution in [-0.2, 0) is 9.84 Å². The molecule has 0 aliphatic carbocycles. The van der Waals surface area contributed by atoms with E-state index in [1.165, 1.54) is 24.3 Å². The monoisotopic (exact) mass is 401 g/mol. The van der Waals surface area contributed by atoms with Crippen LogP contribution in [0.15, 0.2) is 47.4 Å². The Kier molecular flexibility index (Phi) is 4.14. The zero-order valence-corrected chi connectivity index (χ0v) is 13.6. The summed E-state index contributed by atoms with van der Waals surface area (Å²) in [5.74, 6) is -0.221. The summed E-state index contributed by atoms with van der Waals surface area (Å²) < 4.78 is 23.7. The van der Waals surface area contributed by atoms with Crippen LogP contribution in [0.5, 0.6) is 0 Å². The third-order valence-electron chi connectivity index (χ3n) is 2.80. The van der Waals surface area contributed by atoms with Gasteiger partial charge in [0.1, 0.15) is 0 Å². The van der Waals surface area contributed by atoms with E-state index in [0.717, 1.165) is 9.83 Å². The number of carbonyl (C=O) groups excluding carboxylic acids is 1. The molecule has 0 spiro atoms. The highest BCUT2D eigenvalue weighted by atomic mass is 127. The van der Waals surface area contributed by atoms with E-state index in [-0.39, 0.29) is 10.7 Å². The van der Waals surface area contributed by atoms with Crippen molar-refractivity contribution in [1.82, 2.24) is 0 Å². The Bertz CT molecular complexity index is 768. The Morgan fingerprint density at radius 2 is 1.70 bits per heavy atom. The number of benzene rings is 2. The molecule has 0 heterocycles. The van der Waals surface area contributed by atoms with Gasteiger partial charge in [-0.05, 0) is 65.1 Å². The molecule has 6 heteroatoms. The number of hydrogen-bond donors (Lipinski definition) is 1. The van der Waals surface area contributed by atoms with Gasteiger partial charge in [0.25, 0.3) is 0 Å². The summed E-state index contributed by atoms with van der Waals surface area (Å²) in [4.78, 5) is 12.5. The van der Waals surface area contributed by atoms with Crippen LogP contribution in [-0.4, -0.2) is 20.5 Å². The lowest BCUT2D eigenvalue weighted by Gasteiger charge is -2.06. The summed E-state index contributed by atoms with van der Waals surface area (Å²) in [5.41, 5.74) is 7.04. The van der Waals surface area contributed by atoms with Gasteiger partial charge in [0.2, 0.25) is 0 Å². The lowest BCUT2D eigenvalue weighted by atomic mass is 10.0. The van der Waals surface area contributed by atoms with Crippen molar-refractivity contribution in [3.8, 4) is 0 Å². The summed E-state index contributed by atoms with van der Waals surface area (Å²) in [6, 6.07) is 11.1. The maximum absolute atomic E-state index is 12.3. The van der Waals surface area contributed by atoms with Crippen LogP contribution in [0.1, 0.15) is 15.9 Å². The fourth-order valence-electron chi connectivity index (χ4n) is 1.73. The van der Waals surface area contributed by atoms with Gasteiger partial charge < -0.3 is 5.73 Å². The highest BCUT2D eigenvalue weighted by molar-refractivity contribution is 14.1. The second-order valence-electron chi connectivity index (χ2n) is 4.36. The largest absolute Gasteiger partial charge is 0.398 e. The van der Waals surface area contributed by atoms with Gasteiger partial charge in [-0.25, -0.2) is 8.42 Å². The third-order valence-corrected chi connectivity index (χ3v) is 4.60. The number of halogens is 1. The predicted octanol–water partition coefficient (Wildman–Crippen LogP) is 2.51. The fourth-order valence-corrected chi connectivity index (χ4v) is 2.86. The first-order valence-corrected chi connectivity index (χ1v) is 8.66. The van der Waals surface area contributed by atoms with Gasteiger partial charge in [0.15, 0.2) is 15.6 Å². The van der Waals surface area contributed by atoms with Crippen molar-refractivity contribution in [2.75, 3.05) is 12.0 Å². The number of carbonyl (C=O) groups is 1. The SMILES string of the molecule is CS(=O)(=O)c1ccc(C(=O)c2cc(I)ccc2N)cc1. The lowest BCUT2D eigenvalue weighted by Crippen LogP contribution is -2.06. The molecule has 2 aromatic rings. The number of hydrogen-bond acceptors (Lipinski definition) is 4. The highest BCUT2D eigenvalue weighted by Gasteiger charge is 2.14. The molecular formula is C14H12INO3S. The van der Waals surface area contributed by atoms with Crippen molar-refractivity contribution in [2.45, 2.75) is 4.90 Å². The van der Waals surface area contributed by atoms with E-state index in [2.05, 4.69) is 22.6 Å². The van der Waals surface area contributed by atoms with Crippen molar-refractivity contribution in [1.29, 1.82) is 0 Å². The third kappa shape index (κ3) is 3.18. The Morgan fingerprint density at radius 3 is 2.25 bits per heavy atom. The van der Waals surface area contributed by atoms with E-state index in [1.807, 2.05) is 6.07 Å². The minimum Gasteiger partial charge on any atom is -0.398 e. The van der Waals surface area contributed by atoms with Crippen LogP contribution in [0.4, 0.5) is 5.69 Å². The molecule has 0 unspecified atom stereocenters. The molecule has 2 N–H and O–H groups in total. The Morgan fingerprint density at radius 1 is 1.10 bits per heavy atom. The van der Waals surface area contributed by atoms with E-state index >= 15 is 0 Å². The predicted molar refractivity (Wildman–Crippen MR) is 86.6 cm³/mol. The van der Waals surface area contributed by atoms with Gasteiger partial charge >= 0.3 is 0 Å². The van der Waals surface area contributed by atoms with E-state index in [1.54, 1.807) is 12.1 Å². The fraction of sp³-hybridized carbons (Fsp3) is 0.0714. The normalized spacial score (nSPS) is 11.3. The van der Waals surface area contributed by atoms with Crippen LogP contribution in [0.25, 0.3) is 0 Å². The van der Waals surface area contributed by atoms with E-state index in [0.29, 0.717) is 16.8 Å². The zero-order chi connectivity index (χ0) is 14.9. The highest BCUT2D eigenvalue weighted by Crippen LogP contribution is 2.20. The molecule has 0 bridgehead atoms. The van der Waals surface area contributed by atoms with Crippen molar-refractivity contribution < 1.29 is 13.2 Å². The average molecular weight is 401 g/mol. The van der Waals surface area contributed by atoms with Gasteiger partial charge in [0.05, 0.1) is 4.90 Å². The van der Waals surface area contributed by atoms with Crippen molar-refractivity contribution in [2.24, 2.45) is 0 Å². The Labute approximate surface area is 131 Å². The molecule has 0 atom stereocenters. The number of anilines is 1. The quantitative estimate of drug-likeness (QED) is 0.487. The Balaban J connectivity index is 2.42. The molecule has 0 radical (unpaired) electrons. The van der Waals surface area contributed by atoms with Crippen LogP contribution in [0, 0.1) is 3.57 Å².